The summed E-state index contributed by atoms with van der Waals surface area (Å²) in [6.07, 6.45) is -0.437. The lowest BCUT2D eigenvalue weighted by molar-refractivity contribution is -0.142. The molecule has 0 radical (unpaired) electrons. The standard InChI is InChI=1S/C14H21NO3/c1-10(9-13(16)18-4)14(17)11-5-7-12(8-6-11)15(2)3/h5-8,10,14,17H,9H2,1-4H3. The van der Waals surface area contributed by atoms with Crippen LogP contribution < -0.4 is 4.90 Å². The fourth-order valence-corrected chi connectivity index (χ4v) is 1.76. The summed E-state index contributed by atoms with van der Waals surface area (Å²) in [4.78, 5) is 13.2. The second kappa shape index (κ2) is 6.40. The Morgan fingerprint density at radius 1 is 1.33 bits per heavy atom. The lowest BCUT2D eigenvalue weighted by Crippen LogP contribution is -2.15. The van der Waals surface area contributed by atoms with Gasteiger partial charge in [0.15, 0.2) is 0 Å². The van der Waals surface area contributed by atoms with Crippen LogP contribution in [-0.2, 0) is 9.53 Å². The number of carbonyl (C=O) groups excluding carboxylic acids is 1. The molecule has 0 aliphatic carbocycles. The molecule has 0 saturated heterocycles. The molecule has 100 valence electrons. The molecule has 0 aromatic heterocycles. The number of benzene rings is 1. The van der Waals surface area contributed by atoms with Crippen molar-refractivity contribution in [3.63, 3.8) is 0 Å². The van der Waals surface area contributed by atoms with E-state index in [0.717, 1.165) is 11.3 Å². The van der Waals surface area contributed by atoms with Crippen molar-refractivity contribution >= 4 is 11.7 Å². The SMILES string of the molecule is COC(=O)CC(C)C(O)c1ccc(N(C)C)cc1. The average molecular weight is 251 g/mol. The van der Waals surface area contributed by atoms with Gasteiger partial charge in [0, 0.05) is 19.8 Å². The fraction of sp³-hybridized carbons (Fsp3) is 0.500. The maximum Gasteiger partial charge on any atom is 0.305 e. The number of aliphatic hydroxyl groups excluding tert-OH is 1. The molecule has 0 aliphatic heterocycles. The summed E-state index contributed by atoms with van der Waals surface area (Å²) in [5.41, 5.74) is 1.89. The number of methoxy groups -OCH3 is 1. The van der Waals surface area contributed by atoms with E-state index in [-0.39, 0.29) is 18.3 Å². The van der Waals surface area contributed by atoms with Gasteiger partial charge in [-0.15, -0.1) is 0 Å². The van der Waals surface area contributed by atoms with Gasteiger partial charge in [0.1, 0.15) is 0 Å². The van der Waals surface area contributed by atoms with E-state index in [1.54, 1.807) is 0 Å². The number of anilines is 1. The zero-order valence-electron chi connectivity index (χ0n) is 11.4. The molecule has 1 aromatic rings. The summed E-state index contributed by atoms with van der Waals surface area (Å²) in [6, 6.07) is 7.66. The first-order valence-electron chi connectivity index (χ1n) is 5.98. The van der Waals surface area contributed by atoms with Crippen LogP contribution in [0.4, 0.5) is 5.69 Å². The minimum Gasteiger partial charge on any atom is -0.469 e. The molecule has 4 nitrogen and oxygen atoms in total. The monoisotopic (exact) mass is 251 g/mol. The summed E-state index contributed by atoms with van der Waals surface area (Å²) in [6.45, 7) is 1.83. The summed E-state index contributed by atoms with van der Waals surface area (Å²) in [7, 11) is 5.28. The molecule has 0 bridgehead atoms. The Balaban J connectivity index is 2.71. The average Bonchev–Trinajstić information content (AvgIpc) is 2.37. The Kier molecular flexibility index (Phi) is 5.16. The summed E-state index contributed by atoms with van der Waals surface area (Å²) >= 11 is 0. The molecule has 0 heterocycles. The van der Waals surface area contributed by atoms with Gasteiger partial charge < -0.3 is 14.7 Å². The number of ether oxygens (including phenoxy) is 1. The molecule has 0 saturated carbocycles. The van der Waals surface area contributed by atoms with Gasteiger partial charge in [-0.2, -0.15) is 0 Å². The third-order valence-electron chi connectivity index (χ3n) is 3.01. The number of aliphatic hydroxyl groups is 1. The molecule has 4 heteroatoms. The van der Waals surface area contributed by atoms with E-state index >= 15 is 0 Å². The molecule has 18 heavy (non-hydrogen) atoms. The third kappa shape index (κ3) is 3.74. The van der Waals surface area contributed by atoms with Crippen molar-refractivity contribution < 1.29 is 14.6 Å². The molecular weight excluding hydrogens is 230 g/mol. The molecule has 1 rings (SSSR count). The minimum atomic E-state index is -0.652. The van der Waals surface area contributed by atoms with Crippen LogP contribution in [0.3, 0.4) is 0 Å². The number of nitrogens with zero attached hydrogens (tertiary/aromatic N) is 1. The highest BCUT2D eigenvalue weighted by Crippen LogP contribution is 2.26. The molecule has 1 N–H and O–H groups in total. The lowest BCUT2D eigenvalue weighted by Gasteiger charge is -2.19. The largest absolute Gasteiger partial charge is 0.469 e. The molecule has 0 fully saturated rings. The molecule has 0 spiro atoms. The molecule has 0 amide bonds. The van der Waals surface area contributed by atoms with Crippen molar-refractivity contribution in [2.45, 2.75) is 19.4 Å². The summed E-state index contributed by atoms with van der Waals surface area (Å²) in [5, 5.41) is 10.1. The highest BCUT2D eigenvalue weighted by Gasteiger charge is 2.19. The Morgan fingerprint density at radius 2 is 1.89 bits per heavy atom. The zero-order valence-corrected chi connectivity index (χ0v) is 11.4. The van der Waals surface area contributed by atoms with E-state index in [1.165, 1.54) is 7.11 Å². The topological polar surface area (TPSA) is 49.8 Å². The van der Waals surface area contributed by atoms with Crippen LogP contribution in [0, 0.1) is 5.92 Å². The number of rotatable bonds is 5. The van der Waals surface area contributed by atoms with Gasteiger partial charge in [-0.25, -0.2) is 0 Å². The van der Waals surface area contributed by atoms with Gasteiger partial charge in [-0.1, -0.05) is 19.1 Å². The minimum absolute atomic E-state index is 0.164. The first-order valence-corrected chi connectivity index (χ1v) is 5.98. The van der Waals surface area contributed by atoms with E-state index in [4.69, 9.17) is 0 Å². The Hall–Kier alpha value is -1.55. The first kappa shape index (κ1) is 14.5. The van der Waals surface area contributed by atoms with Crippen LogP contribution in [-0.4, -0.2) is 32.3 Å². The second-order valence-electron chi connectivity index (χ2n) is 4.69. The smallest absolute Gasteiger partial charge is 0.305 e. The fourth-order valence-electron chi connectivity index (χ4n) is 1.76. The van der Waals surface area contributed by atoms with Crippen LogP contribution in [0.25, 0.3) is 0 Å². The van der Waals surface area contributed by atoms with Crippen molar-refractivity contribution in [3.05, 3.63) is 29.8 Å². The van der Waals surface area contributed by atoms with Crippen LogP contribution in [0.15, 0.2) is 24.3 Å². The van der Waals surface area contributed by atoms with Crippen LogP contribution in [0.5, 0.6) is 0 Å². The quantitative estimate of drug-likeness (QED) is 0.813. The van der Waals surface area contributed by atoms with Gasteiger partial charge in [-0.3, -0.25) is 4.79 Å². The van der Waals surface area contributed by atoms with Gasteiger partial charge in [0.05, 0.1) is 19.6 Å². The highest BCUT2D eigenvalue weighted by molar-refractivity contribution is 5.69. The number of hydrogen-bond donors (Lipinski definition) is 1. The maximum atomic E-state index is 11.2. The Labute approximate surface area is 108 Å². The molecule has 2 unspecified atom stereocenters. The third-order valence-corrected chi connectivity index (χ3v) is 3.01. The predicted molar refractivity (Wildman–Crippen MR) is 71.5 cm³/mol. The lowest BCUT2D eigenvalue weighted by atomic mass is 9.94. The normalized spacial score (nSPS) is 13.8. The van der Waals surface area contributed by atoms with E-state index in [9.17, 15) is 9.90 Å². The summed E-state index contributed by atoms with van der Waals surface area (Å²) in [5.74, 6) is -0.464. The van der Waals surface area contributed by atoms with Crippen molar-refractivity contribution in [2.75, 3.05) is 26.1 Å². The van der Waals surface area contributed by atoms with E-state index in [0.29, 0.717) is 0 Å². The van der Waals surface area contributed by atoms with Gasteiger partial charge in [0.25, 0.3) is 0 Å². The Bertz CT molecular complexity index is 387. The van der Waals surface area contributed by atoms with E-state index in [1.807, 2.05) is 50.2 Å². The van der Waals surface area contributed by atoms with Crippen molar-refractivity contribution in [2.24, 2.45) is 5.92 Å². The Morgan fingerprint density at radius 3 is 2.33 bits per heavy atom. The van der Waals surface area contributed by atoms with Crippen molar-refractivity contribution in [3.8, 4) is 0 Å². The number of hydrogen-bond acceptors (Lipinski definition) is 4. The highest BCUT2D eigenvalue weighted by atomic mass is 16.5. The number of esters is 1. The van der Waals surface area contributed by atoms with E-state index in [2.05, 4.69) is 4.74 Å². The predicted octanol–water partition coefficient (Wildman–Crippen LogP) is 1.99. The first-order chi connectivity index (χ1) is 8.45. The second-order valence-corrected chi connectivity index (χ2v) is 4.69. The molecular formula is C14H21NO3. The van der Waals surface area contributed by atoms with Gasteiger partial charge >= 0.3 is 5.97 Å². The van der Waals surface area contributed by atoms with Gasteiger partial charge in [0.2, 0.25) is 0 Å². The van der Waals surface area contributed by atoms with E-state index < -0.39 is 6.10 Å². The number of carbonyl (C=O) groups is 1. The van der Waals surface area contributed by atoms with Crippen LogP contribution in [0.2, 0.25) is 0 Å². The van der Waals surface area contributed by atoms with Crippen LogP contribution in [0.1, 0.15) is 25.0 Å². The molecule has 1 aromatic carbocycles. The zero-order chi connectivity index (χ0) is 13.7. The molecule has 2 atom stereocenters. The maximum absolute atomic E-state index is 11.2. The summed E-state index contributed by atoms with van der Waals surface area (Å²) < 4.78 is 4.60. The van der Waals surface area contributed by atoms with Crippen molar-refractivity contribution in [1.82, 2.24) is 0 Å². The van der Waals surface area contributed by atoms with Gasteiger partial charge in [-0.05, 0) is 23.6 Å². The molecule has 0 aliphatic rings. The van der Waals surface area contributed by atoms with Crippen LogP contribution >= 0.6 is 0 Å². The van der Waals surface area contributed by atoms with Crippen molar-refractivity contribution in [1.29, 1.82) is 0 Å².